The zero-order valence-corrected chi connectivity index (χ0v) is 48.4. The van der Waals surface area contributed by atoms with E-state index in [9.17, 15) is 9.59 Å². The number of carbonyl (C=O) groups is 2. The lowest BCUT2D eigenvalue weighted by molar-refractivity contribution is -0.152. The van der Waals surface area contributed by atoms with Gasteiger partial charge >= 0.3 is 11.9 Å². The molecule has 16 atom stereocenters. The second-order valence-electron chi connectivity index (χ2n) is 28.6. The number of rotatable bonds is 14. The Labute approximate surface area is 441 Å². The second kappa shape index (κ2) is 22.3. The van der Waals surface area contributed by atoms with Crippen LogP contribution in [0.5, 0.6) is 0 Å². The summed E-state index contributed by atoms with van der Waals surface area (Å²) in [6.45, 7) is 32.8. The first-order valence-corrected chi connectivity index (χ1v) is 31.4. The summed E-state index contributed by atoms with van der Waals surface area (Å²) in [6.07, 6.45) is 33.5. The van der Waals surface area contributed by atoms with E-state index >= 15 is 0 Å². The van der Waals surface area contributed by atoms with Gasteiger partial charge in [-0.3, -0.25) is 9.59 Å². The smallest absolute Gasteiger partial charge is 0.307 e. The summed E-state index contributed by atoms with van der Waals surface area (Å²) in [4.78, 5) is 32.4. The van der Waals surface area contributed by atoms with E-state index in [4.69, 9.17) is 14.8 Å². The van der Waals surface area contributed by atoms with Crippen molar-refractivity contribution in [2.45, 2.75) is 254 Å². The average molecular weight is 997 g/mol. The van der Waals surface area contributed by atoms with Gasteiger partial charge in [-0.2, -0.15) is 0 Å². The molecule has 14 bridgehead atoms. The van der Waals surface area contributed by atoms with Crippen molar-refractivity contribution in [1.82, 2.24) is 15.1 Å². The van der Waals surface area contributed by atoms with Crippen LogP contribution in [-0.2, 0) is 19.1 Å². The zero-order chi connectivity index (χ0) is 51.2. The summed E-state index contributed by atoms with van der Waals surface area (Å²) < 4.78 is 12.9. The highest BCUT2D eigenvalue weighted by atomic mass is 16.5. The molecule has 8 heterocycles. The molecule has 408 valence electrons. The molecule has 7 heteroatoms. The van der Waals surface area contributed by atoms with E-state index in [0.29, 0.717) is 49.2 Å². The number of carbonyl (C=O) groups excluding carboxylic acids is 2. The highest BCUT2D eigenvalue weighted by molar-refractivity contribution is 5.70. The molecule has 1 N–H and O–H groups in total. The van der Waals surface area contributed by atoms with E-state index in [1.54, 1.807) is 11.1 Å². The number of likely N-dealkylation sites (N-methyl/N-ethyl adjacent to an activating group) is 1. The van der Waals surface area contributed by atoms with Crippen molar-refractivity contribution in [3.8, 4) is 0 Å². The van der Waals surface area contributed by atoms with Crippen molar-refractivity contribution in [3.05, 3.63) is 23.3 Å². The standard InChI is InChI=1S/C65H109N3O4/c1-12-67(13-2)40-41-68-38-31-59(69)71-49-26-33-61(8)47(42-49)20-22-51-53-24-25-57(63(53,10)35-28-54(51)61)58(19-15-17-45(5)6)66-65-37-30-52(46(7)18-14-16-44(3)4)64(65,11)36-29-55-56(65)23-21-48-43-50(27-34-62(48,55)9)72-60(70)32-39-68/h20-21,44-46,49-58,66H,12-19,22-43H2,1-11H3/t46-,49+,50+,51?,52-,53+,54+,55+,56?,57-,58-,61+,62+,63+,64-,65-/m1/s1. The van der Waals surface area contributed by atoms with Gasteiger partial charge in [0.1, 0.15) is 12.2 Å². The van der Waals surface area contributed by atoms with Crippen LogP contribution in [0, 0.1) is 80.8 Å². The van der Waals surface area contributed by atoms with Crippen LogP contribution in [0.1, 0.15) is 230 Å². The quantitative estimate of drug-likeness (QED) is 0.137. The molecule has 8 aliphatic heterocycles. The number of ether oxygens (including phenoxy) is 2. The number of hydrogen-bond acceptors (Lipinski definition) is 7. The summed E-state index contributed by atoms with van der Waals surface area (Å²) in [5, 5.41) is 5.09. The Bertz CT molecular complexity index is 1940. The molecule has 4 saturated heterocycles. The van der Waals surface area contributed by atoms with E-state index in [2.05, 4.69) is 98.1 Å². The van der Waals surface area contributed by atoms with Gasteiger partial charge in [0, 0.05) is 50.6 Å². The van der Waals surface area contributed by atoms with Crippen LogP contribution in [-0.4, -0.2) is 84.8 Å². The maximum absolute atomic E-state index is 13.9. The molecule has 0 aromatic rings. The summed E-state index contributed by atoms with van der Waals surface area (Å²) >= 11 is 0. The van der Waals surface area contributed by atoms with Gasteiger partial charge in [0.15, 0.2) is 0 Å². The first kappa shape index (κ1) is 55.1. The lowest BCUT2D eigenvalue weighted by atomic mass is 9.44. The van der Waals surface area contributed by atoms with Gasteiger partial charge in [0.2, 0.25) is 0 Å². The van der Waals surface area contributed by atoms with Crippen LogP contribution >= 0.6 is 0 Å². The molecule has 10 fully saturated rings. The minimum absolute atomic E-state index is 0.0251. The molecule has 0 radical (unpaired) electrons. The molecule has 72 heavy (non-hydrogen) atoms. The topological polar surface area (TPSA) is 71.1 Å². The van der Waals surface area contributed by atoms with Gasteiger partial charge in [-0.15, -0.1) is 0 Å². The first-order valence-electron chi connectivity index (χ1n) is 31.4. The molecule has 16 rings (SSSR count). The molecule has 16 aliphatic rings. The van der Waals surface area contributed by atoms with Crippen LogP contribution in [0.4, 0.5) is 0 Å². The van der Waals surface area contributed by atoms with E-state index in [0.717, 1.165) is 112 Å². The fourth-order valence-electron chi connectivity index (χ4n) is 20.1. The van der Waals surface area contributed by atoms with Crippen LogP contribution in [0.15, 0.2) is 23.3 Å². The Hall–Kier alpha value is -1.70. The Balaban J connectivity index is 1.06. The average Bonchev–Trinajstić information content (AvgIpc) is 3.85. The molecular weight excluding hydrogens is 887 g/mol. The zero-order valence-electron chi connectivity index (χ0n) is 48.4. The van der Waals surface area contributed by atoms with Gasteiger partial charge in [-0.1, -0.05) is 132 Å². The number of allylic oxidation sites excluding steroid dienone is 2. The van der Waals surface area contributed by atoms with E-state index in [-0.39, 0.29) is 45.9 Å². The van der Waals surface area contributed by atoms with Gasteiger partial charge in [-0.05, 0) is 190 Å². The Morgan fingerprint density at radius 3 is 1.89 bits per heavy atom. The molecule has 7 nitrogen and oxygen atoms in total. The summed E-state index contributed by atoms with van der Waals surface area (Å²) in [5.41, 5.74) is 4.34. The number of nitrogens with one attached hydrogen (secondary N) is 1. The monoisotopic (exact) mass is 996 g/mol. The molecule has 1 spiro atoms. The third kappa shape index (κ3) is 10.4. The number of nitrogens with zero attached hydrogens (tertiary/aromatic N) is 2. The van der Waals surface area contributed by atoms with Crippen LogP contribution in [0.25, 0.3) is 0 Å². The van der Waals surface area contributed by atoms with Crippen molar-refractivity contribution in [3.63, 3.8) is 0 Å². The minimum atomic E-state index is -0.0745. The van der Waals surface area contributed by atoms with E-state index in [1.165, 1.54) is 103 Å². The molecule has 0 aromatic carbocycles. The van der Waals surface area contributed by atoms with Crippen molar-refractivity contribution in [1.29, 1.82) is 0 Å². The predicted octanol–water partition coefficient (Wildman–Crippen LogP) is 14.8. The summed E-state index contributed by atoms with van der Waals surface area (Å²) in [7, 11) is 0. The molecule has 0 aromatic heterocycles. The molecule has 8 aliphatic carbocycles. The fraction of sp³-hybridized carbons (Fsp3) is 0.908. The SMILES string of the molecule is CCN(CC)CCN1CCC(=O)O[C@H]2CC[C@@]3(C)C(=CCC4[C@@H]5CC[C@H]([C@@H](CCCC(C)C)N[C@@]67CC[C@H]([C@H](C)CCCC(C)C)[C@@]6(C)CC[C@H]6C7CC=C7C[C@H](CC[C@@]76C)OC(=O)CC1)[C@@]5(C)CC[C@@H]43)C2. The molecule has 6 saturated carbocycles. The van der Waals surface area contributed by atoms with Crippen molar-refractivity contribution in [2.75, 3.05) is 39.3 Å². The van der Waals surface area contributed by atoms with Crippen molar-refractivity contribution < 1.29 is 19.1 Å². The van der Waals surface area contributed by atoms with Gasteiger partial charge in [0.25, 0.3) is 0 Å². The maximum Gasteiger partial charge on any atom is 0.307 e. The van der Waals surface area contributed by atoms with Gasteiger partial charge in [-0.25, -0.2) is 0 Å². The van der Waals surface area contributed by atoms with E-state index < -0.39 is 0 Å². The third-order valence-electron chi connectivity index (χ3n) is 24.4. The Kier molecular flexibility index (Phi) is 17.1. The summed E-state index contributed by atoms with van der Waals surface area (Å²) in [6, 6.07) is 0.558. The first-order chi connectivity index (χ1) is 34.4. The van der Waals surface area contributed by atoms with E-state index in [1.807, 2.05) is 0 Å². The maximum atomic E-state index is 13.9. The third-order valence-corrected chi connectivity index (χ3v) is 24.4. The molecular formula is C65H109N3O4. The predicted molar refractivity (Wildman–Crippen MR) is 296 cm³/mol. The van der Waals surface area contributed by atoms with Crippen LogP contribution in [0.3, 0.4) is 0 Å². The Morgan fingerprint density at radius 1 is 0.653 bits per heavy atom. The molecule has 2 unspecified atom stereocenters. The van der Waals surface area contributed by atoms with Crippen LogP contribution in [0.2, 0.25) is 0 Å². The number of esters is 2. The second-order valence-corrected chi connectivity index (χ2v) is 28.6. The van der Waals surface area contributed by atoms with Crippen molar-refractivity contribution in [2.24, 2.45) is 80.8 Å². The minimum Gasteiger partial charge on any atom is -0.462 e. The largest absolute Gasteiger partial charge is 0.462 e. The fourth-order valence-corrected chi connectivity index (χ4v) is 20.1. The highest BCUT2D eigenvalue weighted by Gasteiger charge is 2.69. The van der Waals surface area contributed by atoms with Crippen molar-refractivity contribution >= 4 is 11.9 Å². The number of hydrogen-bond donors (Lipinski definition) is 1. The normalized spacial score (nSPS) is 43.0. The summed E-state index contributed by atoms with van der Waals surface area (Å²) in [5.74, 6) is 7.21. The lowest BCUT2D eigenvalue weighted by Crippen LogP contribution is -2.70. The lowest BCUT2D eigenvalue weighted by Gasteiger charge is -2.65. The Morgan fingerprint density at radius 2 is 1.25 bits per heavy atom. The van der Waals surface area contributed by atoms with Crippen LogP contribution < -0.4 is 5.32 Å². The van der Waals surface area contributed by atoms with Gasteiger partial charge in [0.05, 0.1) is 12.8 Å². The van der Waals surface area contributed by atoms with Gasteiger partial charge < -0.3 is 24.6 Å². The highest BCUT2D eigenvalue weighted by Crippen LogP contribution is 2.71. The molecule has 0 amide bonds.